The van der Waals surface area contributed by atoms with Gasteiger partial charge in [-0.1, -0.05) is 25.1 Å². The number of methoxy groups -OCH3 is 1. The number of hydroxylamine groups is 1. The quantitative estimate of drug-likeness (QED) is 0.582. The average molecular weight is 359 g/mol. The average Bonchev–Trinajstić information content (AvgIpc) is 2.66. The zero-order chi connectivity index (χ0) is 19.1. The zero-order valence-corrected chi connectivity index (χ0v) is 15.6. The maximum atomic E-state index is 11.7. The van der Waals surface area contributed by atoms with Gasteiger partial charge in [0.2, 0.25) is 0 Å². The second-order valence-electron chi connectivity index (χ2n) is 5.71. The predicted octanol–water partition coefficient (Wildman–Crippen LogP) is 4.50. The van der Waals surface area contributed by atoms with Gasteiger partial charge in [-0.3, -0.25) is 5.21 Å². The third-order valence-corrected chi connectivity index (χ3v) is 4.00. The minimum Gasteiger partial charge on any atom is -0.493 e. The summed E-state index contributed by atoms with van der Waals surface area (Å²) < 4.78 is 16.2. The van der Waals surface area contributed by atoms with Gasteiger partial charge in [0.1, 0.15) is 18.1 Å². The number of hydrogen-bond donors (Lipinski definition) is 1. The molecular weight excluding hydrogens is 334 g/mol. The van der Waals surface area contributed by atoms with E-state index in [4.69, 9.17) is 9.47 Å². The van der Waals surface area contributed by atoms with Crippen molar-refractivity contribution in [3.63, 3.8) is 0 Å². The summed E-state index contributed by atoms with van der Waals surface area (Å²) in [6.45, 7) is 6.53. The third-order valence-electron chi connectivity index (χ3n) is 4.00. The largest absolute Gasteiger partial charge is 0.493 e. The maximum absolute atomic E-state index is 11.7. The van der Waals surface area contributed by atoms with E-state index in [1.54, 1.807) is 18.2 Å². The minimum atomic E-state index is -0.886. The lowest BCUT2D eigenvalue weighted by Gasteiger charge is -2.20. The molecule has 0 spiro atoms. The molecular formula is C20H25NO5. The van der Waals surface area contributed by atoms with Crippen LogP contribution >= 0.6 is 0 Å². The van der Waals surface area contributed by atoms with Crippen molar-refractivity contribution < 1.29 is 24.2 Å². The van der Waals surface area contributed by atoms with Crippen LogP contribution in [0.4, 0.5) is 10.5 Å². The van der Waals surface area contributed by atoms with E-state index in [9.17, 15) is 10.0 Å². The number of hydrogen-bond acceptors (Lipinski definition) is 5. The van der Waals surface area contributed by atoms with Crippen LogP contribution in [0.15, 0.2) is 36.4 Å². The fraction of sp³-hybridized carbons (Fsp3) is 0.350. The van der Waals surface area contributed by atoms with E-state index in [0.29, 0.717) is 23.0 Å². The monoisotopic (exact) mass is 359 g/mol. The molecule has 0 aliphatic carbocycles. The summed E-state index contributed by atoms with van der Waals surface area (Å²) in [5.41, 5.74) is 3.07. The SMILES string of the molecule is CCOc1cccc(N(O)C(=O)OC)c1COc1ccc(CC)cc1C. The number of carbonyl (C=O) groups is 1. The van der Waals surface area contributed by atoms with Crippen molar-refractivity contribution in [3.05, 3.63) is 53.1 Å². The van der Waals surface area contributed by atoms with E-state index in [1.807, 2.05) is 26.0 Å². The molecule has 0 radical (unpaired) electrons. The van der Waals surface area contributed by atoms with Crippen LogP contribution in [0.25, 0.3) is 0 Å². The first-order chi connectivity index (χ1) is 12.5. The first-order valence-electron chi connectivity index (χ1n) is 8.55. The van der Waals surface area contributed by atoms with Gasteiger partial charge in [0, 0.05) is 0 Å². The molecule has 0 saturated carbocycles. The minimum absolute atomic E-state index is 0.131. The van der Waals surface area contributed by atoms with E-state index in [2.05, 4.69) is 17.7 Å². The molecule has 6 nitrogen and oxygen atoms in total. The second kappa shape index (κ2) is 9.10. The van der Waals surface area contributed by atoms with Crippen molar-refractivity contribution in [1.82, 2.24) is 0 Å². The number of amides is 1. The van der Waals surface area contributed by atoms with Crippen LogP contribution in [0.1, 0.15) is 30.5 Å². The van der Waals surface area contributed by atoms with Gasteiger partial charge < -0.3 is 14.2 Å². The first-order valence-corrected chi connectivity index (χ1v) is 8.55. The van der Waals surface area contributed by atoms with Gasteiger partial charge in [0.15, 0.2) is 0 Å². The lowest BCUT2D eigenvalue weighted by Crippen LogP contribution is -2.28. The van der Waals surface area contributed by atoms with Gasteiger partial charge in [-0.25, -0.2) is 4.79 Å². The number of benzene rings is 2. The van der Waals surface area contributed by atoms with Crippen LogP contribution in [0.3, 0.4) is 0 Å². The molecule has 0 aliphatic rings. The fourth-order valence-electron chi connectivity index (χ4n) is 2.62. The van der Waals surface area contributed by atoms with Gasteiger partial charge in [0.05, 0.1) is 25.0 Å². The summed E-state index contributed by atoms with van der Waals surface area (Å²) in [6, 6.07) is 11.1. The van der Waals surface area contributed by atoms with Crippen LogP contribution in [0.5, 0.6) is 11.5 Å². The molecule has 2 rings (SSSR count). The highest BCUT2D eigenvalue weighted by atomic mass is 16.6. The summed E-state index contributed by atoms with van der Waals surface area (Å²) in [6.07, 6.45) is 0.0696. The Morgan fingerprint density at radius 3 is 2.50 bits per heavy atom. The van der Waals surface area contributed by atoms with E-state index in [-0.39, 0.29) is 12.3 Å². The first kappa shape index (κ1) is 19.6. The third kappa shape index (κ3) is 4.46. The van der Waals surface area contributed by atoms with Crippen LogP contribution in [-0.4, -0.2) is 25.0 Å². The topological polar surface area (TPSA) is 68.2 Å². The van der Waals surface area contributed by atoms with Crippen molar-refractivity contribution >= 4 is 11.8 Å². The van der Waals surface area contributed by atoms with Crippen molar-refractivity contribution in [1.29, 1.82) is 0 Å². The van der Waals surface area contributed by atoms with E-state index < -0.39 is 6.09 Å². The fourth-order valence-corrected chi connectivity index (χ4v) is 2.62. The molecule has 0 unspecified atom stereocenters. The Bertz CT molecular complexity index is 760. The molecule has 0 saturated heterocycles. The van der Waals surface area contributed by atoms with E-state index in [0.717, 1.165) is 17.7 Å². The van der Waals surface area contributed by atoms with Crippen LogP contribution < -0.4 is 14.5 Å². The molecule has 0 bridgehead atoms. The van der Waals surface area contributed by atoms with Gasteiger partial charge in [-0.2, -0.15) is 5.06 Å². The normalized spacial score (nSPS) is 10.3. The number of ether oxygens (including phenoxy) is 3. The molecule has 6 heteroatoms. The Balaban J connectivity index is 2.32. The summed E-state index contributed by atoms with van der Waals surface area (Å²) in [5, 5.41) is 10.6. The Morgan fingerprint density at radius 1 is 1.12 bits per heavy atom. The van der Waals surface area contributed by atoms with Gasteiger partial charge in [-0.05, 0) is 49.6 Å². The zero-order valence-electron chi connectivity index (χ0n) is 15.6. The summed E-state index contributed by atoms with van der Waals surface area (Å²) in [5.74, 6) is 1.28. The Morgan fingerprint density at radius 2 is 1.88 bits per heavy atom. The van der Waals surface area contributed by atoms with Crippen molar-refractivity contribution in [2.24, 2.45) is 0 Å². The summed E-state index contributed by atoms with van der Waals surface area (Å²) in [4.78, 5) is 11.7. The Labute approximate surface area is 153 Å². The number of carbonyl (C=O) groups excluding carboxylic acids is 1. The molecule has 0 atom stereocenters. The molecule has 0 aromatic heterocycles. The highest BCUT2D eigenvalue weighted by Crippen LogP contribution is 2.31. The number of aryl methyl sites for hydroxylation is 2. The summed E-state index contributed by atoms with van der Waals surface area (Å²) in [7, 11) is 1.20. The molecule has 140 valence electrons. The smallest absolute Gasteiger partial charge is 0.438 e. The summed E-state index contributed by atoms with van der Waals surface area (Å²) >= 11 is 0. The molecule has 1 N–H and O–H groups in total. The number of nitrogens with zero attached hydrogens (tertiary/aromatic N) is 1. The molecule has 26 heavy (non-hydrogen) atoms. The van der Waals surface area contributed by atoms with Gasteiger partial charge in [-0.15, -0.1) is 0 Å². The lowest BCUT2D eigenvalue weighted by molar-refractivity contribution is 0.140. The van der Waals surface area contributed by atoms with Crippen LogP contribution in [-0.2, 0) is 17.8 Å². The van der Waals surface area contributed by atoms with E-state index >= 15 is 0 Å². The molecule has 2 aromatic rings. The highest BCUT2D eigenvalue weighted by Gasteiger charge is 2.21. The van der Waals surface area contributed by atoms with Crippen molar-refractivity contribution in [3.8, 4) is 11.5 Å². The number of anilines is 1. The molecule has 0 fully saturated rings. The molecule has 2 aromatic carbocycles. The van der Waals surface area contributed by atoms with Crippen LogP contribution in [0.2, 0.25) is 0 Å². The molecule has 0 heterocycles. The van der Waals surface area contributed by atoms with Gasteiger partial charge in [0.25, 0.3) is 0 Å². The van der Waals surface area contributed by atoms with Crippen molar-refractivity contribution in [2.45, 2.75) is 33.8 Å². The maximum Gasteiger partial charge on any atom is 0.438 e. The second-order valence-corrected chi connectivity index (χ2v) is 5.71. The van der Waals surface area contributed by atoms with Crippen molar-refractivity contribution in [2.75, 3.05) is 18.8 Å². The predicted molar refractivity (Wildman–Crippen MR) is 99.2 cm³/mol. The standard InChI is InChI=1S/C20H25NO5/c1-5-15-10-11-18(14(3)12-15)26-13-16-17(21(23)20(22)24-4)8-7-9-19(16)25-6-2/h7-12,23H,5-6,13H2,1-4H3. The Hall–Kier alpha value is -2.73. The number of rotatable bonds is 7. The molecule has 1 amide bonds. The van der Waals surface area contributed by atoms with Gasteiger partial charge >= 0.3 is 6.09 Å². The molecule has 0 aliphatic heterocycles. The lowest BCUT2D eigenvalue weighted by atomic mass is 10.1. The van der Waals surface area contributed by atoms with Crippen LogP contribution in [0, 0.1) is 6.92 Å². The Kier molecular flexibility index (Phi) is 6.86. The van der Waals surface area contributed by atoms with E-state index in [1.165, 1.54) is 12.7 Å². The highest BCUT2D eigenvalue weighted by molar-refractivity contribution is 5.86.